The van der Waals surface area contributed by atoms with Crippen LogP contribution in [0.2, 0.25) is 0 Å². The summed E-state index contributed by atoms with van der Waals surface area (Å²) < 4.78 is 0. The molecule has 1 unspecified atom stereocenters. The standard InChI is InChI=1S/C16H22N2/c1-2-11-18-12-5-3-4-6-16(18)13-14-7-9-15(17)10-8-14/h1,7-10,16H,3-6,11-13,17H2. The third-order valence-electron chi connectivity index (χ3n) is 3.74. The van der Waals surface area contributed by atoms with Gasteiger partial charge in [0.05, 0.1) is 6.54 Å². The van der Waals surface area contributed by atoms with Gasteiger partial charge in [0.25, 0.3) is 0 Å². The highest BCUT2D eigenvalue weighted by molar-refractivity contribution is 5.39. The van der Waals surface area contributed by atoms with Crippen molar-refractivity contribution in [2.75, 3.05) is 18.8 Å². The average Bonchev–Trinajstić information content (AvgIpc) is 2.59. The SMILES string of the molecule is C#CCN1CCCCCC1Cc1ccc(N)cc1. The van der Waals surface area contributed by atoms with Gasteiger partial charge in [0.1, 0.15) is 0 Å². The fourth-order valence-electron chi connectivity index (χ4n) is 2.72. The Morgan fingerprint density at radius 2 is 2.00 bits per heavy atom. The molecule has 1 saturated heterocycles. The number of benzene rings is 1. The van der Waals surface area contributed by atoms with Crippen molar-refractivity contribution in [1.29, 1.82) is 0 Å². The molecule has 1 aliphatic rings. The third-order valence-corrected chi connectivity index (χ3v) is 3.74. The minimum absolute atomic E-state index is 0.590. The second kappa shape index (κ2) is 6.47. The van der Waals surface area contributed by atoms with Crippen molar-refractivity contribution in [1.82, 2.24) is 4.90 Å². The largest absolute Gasteiger partial charge is 0.399 e. The second-order valence-corrected chi connectivity index (χ2v) is 5.12. The molecule has 2 nitrogen and oxygen atoms in total. The minimum atomic E-state index is 0.590. The number of terminal acetylenes is 1. The summed E-state index contributed by atoms with van der Waals surface area (Å²) in [5, 5.41) is 0. The van der Waals surface area contributed by atoms with E-state index in [0.29, 0.717) is 6.04 Å². The molecule has 1 fully saturated rings. The maximum atomic E-state index is 5.72. The Hall–Kier alpha value is -1.46. The van der Waals surface area contributed by atoms with Crippen molar-refractivity contribution < 1.29 is 0 Å². The molecule has 96 valence electrons. The summed E-state index contributed by atoms with van der Waals surface area (Å²) in [6.07, 6.45) is 11.7. The average molecular weight is 242 g/mol. The first-order valence-corrected chi connectivity index (χ1v) is 6.81. The molecule has 0 spiro atoms. The molecule has 1 heterocycles. The van der Waals surface area contributed by atoms with Crippen LogP contribution >= 0.6 is 0 Å². The Balaban J connectivity index is 2.04. The van der Waals surface area contributed by atoms with Gasteiger partial charge in [-0.15, -0.1) is 6.42 Å². The van der Waals surface area contributed by atoms with Crippen molar-refractivity contribution in [3.8, 4) is 12.3 Å². The van der Waals surface area contributed by atoms with Gasteiger partial charge in [-0.1, -0.05) is 30.9 Å². The maximum absolute atomic E-state index is 5.72. The van der Waals surface area contributed by atoms with E-state index < -0.39 is 0 Å². The van der Waals surface area contributed by atoms with E-state index in [0.717, 1.165) is 25.2 Å². The number of anilines is 1. The van der Waals surface area contributed by atoms with Gasteiger partial charge >= 0.3 is 0 Å². The summed E-state index contributed by atoms with van der Waals surface area (Å²) >= 11 is 0. The number of rotatable bonds is 3. The molecule has 1 aromatic rings. The molecule has 1 aliphatic heterocycles. The van der Waals surface area contributed by atoms with Crippen LogP contribution in [0.1, 0.15) is 31.2 Å². The van der Waals surface area contributed by atoms with Crippen LogP contribution in [0.25, 0.3) is 0 Å². The van der Waals surface area contributed by atoms with E-state index >= 15 is 0 Å². The van der Waals surface area contributed by atoms with Crippen LogP contribution in [-0.2, 0) is 6.42 Å². The fraction of sp³-hybridized carbons (Fsp3) is 0.500. The first kappa shape index (κ1) is 13.0. The van der Waals surface area contributed by atoms with Gasteiger partial charge in [0.15, 0.2) is 0 Å². The van der Waals surface area contributed by atoms with Crippen LogP contribution in [0, 0.1) is 12.3 Å². The predicted molar refractivity (Wildman–Crippen MR) is 77.2 cm³/mol. The summed E-state index contributed by atoms with van der Waals surface area (Å²) in [6.45, 7) is 1.92. The fourth-order valence-corrected chi connectivity index (χ4v) is 2.72. The molecular weight excluding hydrogens is 220 g/mol. The smallest absolute Gasteiger partial charge is 0.0601 e. The molecule has 0 aromatic heterocycles. The van der Waals surface area contributed by atoms with E-state index in [-0.39, 0.29) is 0 Å². The van der Waals surface area contributed by atoms with E-state index in [1.165, 1.54) is 31.2 Å². The molecule has 0 bridgehead atoms. The Bertz CT molecular complexity index is 402. The van der Waals surface area contributed by atoms with Crippen molar-refractivity contribution in [3.63, 3.8) is 0 Å². The molecular formula is C16H22N2. The van der Waals surface area contributed by atoms with Gasteiger partial charge in [-0.05, 0) is 43.5 Å². The Labute approximate surface area is 110 Å². The number of nitrogens with zero attached hydrogens (tertiary/aromatic N) is 1. The normalized spacial score (nSPS) is 21.2. The van der Waals surface area contributed by atoms with Gasteiger partial charge in [-0.3, -0.25) is 4.90 Å². The predicted octanol–water partition coefficient (Wildman–Crippen LogP) is 2.69. The summed E-state index contributed by atoms with van der Waals surface area (Å²) in [5.74, 6) is 2.80. The zero-order valence-electron chi connectivity index (χ0n) is 10.9. The zero-order chi connectivity index (χ0) is 12.8. The summed E-state index contributed by atoms with van der Waals surface area (Å²) in [5.41, 5.74) is 7.92. The van der Waals surface area contributed by atoms with Gasteiger partial charge < -0.3 is 5.73 Å². The van der Waals surface area contributed by atoms with Crippen LogP contribution in [0.15, 0.2) is 24.3 Å². The highest BCUT2D eigenvalue weighted by Crippen LogP contribution is 2.20. The van der Waals surface area contributed by atoms with Crippen molar-refractivity contribution in [3.05, 3.63) is 29.8 Å². The van der Waals surface area contributed by atoms with Crippen LogP contribution < -0.4 is 5.73 Å². The second-order valence-electron chi connectivity index (χ2n) is 5.12. The van der Waals surface area contributed by atoms with E-state index in [9.17, 15) is 0 Å². The summed E-state index contributed by atoms with van der Waals surface area (Å²) in [6, 6.07) is 8.82. The molecule has 18 heavy (non-hydrogen) atoms. The lowest BCUT2D eigenvalue weighted by Gasteiger charge is -2.28. The van der Waals surface area contributed by atoms with E-state index in [1.807, 2.05) is 12.1 Å². The molecule has 1 atom stereocenters. The van der Waals surface area contributed by atoms with Gasteiger partial charge in [0.2, 0.25) is 0 Å². The summed E-state index contributed by atoms with van der Waals surface area (Å²) in [7, 11) is 0. The lowest BCUT2D eigenvalue weighted by molar-refractivity contribution is 0.223. The monoisotopic (exact) mass is 242 g/mol. The van der Waals surface area contributed by atoms with Crippen LogP contribution in [-0.4, -0.2) is 24.0 Å². The Morgan fingerprint density at radius 3 is 2.72 bits per heavy atom. The first-order valence-electron chi connectivity index (χ1n) is 6.81. The van der Waals surface area contributed by atoms with Crippen LogP contribution in [0.3, 0.4) is 0 Å². The quantitative estimate of drug-likeness (QED) is 0.652. The molecule has 0 saturated carbocycles. The van der Waals surface area contributed by atoms with E-state index in [1.54, 1.807) is 0 Å². The van der Waals surface area contributed by atoms with Gasteiger partial charge in [-0.2, -0.15) is 0 Å². The summed E-state index contributed by atoms with van der Waals surface area (Å²) in [4.78, 5) is 2.46. The van der Waals surface area contributed by atoms with Crippen molar-refractivity contribution in [2.24, 2.45) is 0 Å². The highest BCUT2D eigenvalue weighted by Gasteiger charge is 2.20. The lowest BCUT2D eigenvalue weighted by Crippen LogP contribution is -2.36. The van der Waals surface area contributed by atoms with Crippen LogP contribution in [0.4, 0.5) is 5.69 Å². The lowest BCUT2D eigenvalue weighted by atomic mass is 10.0. The number of nitrogens with two attached hydrogens (primary N) is 1. The third kappa shape index (κ3) is 3.51. The number of hydrogen-bond donors (Lipinski definition) is 1. The van der Waals surface area contributed by atoms with Crippen molar-refractivity contribution >= 4 is 5.69 Å². The number of likely N-dealkylation sites (tertiary alicyclic amines) is 1. The molecule has 2 N–H and O–H groups in total. The van der Waals surface area contributed by atoms with E-state index in [2.05, 4.69) is 23.0 Å². The molecule has 2 heteroatoms. The van der Waals surface area contributed by atoms with Gasteiger partial charge in [-0.25, -0.2) is 0 Å². The van der Waals surface area contributed by atoms with Gasteiger partial charge in [0, 0.05) is 11.7 Å². The number of hydrogen-bond acceptors (Lipinski definition) is 2. The first-order chi connectivity index (χ1) is 8.79. The van der Waals surface area contributed by atoms with E-state index in [4.69, 9.17) is 12.2 Å². The molecule has 2 rings (SSSR count). The Kier molecular flexibility index (Phi) is 4.66. The maximum Gasteiger partial charge on any atom is 0.0601 e. The highest BCUT2D eigenvalue weighted by atomic mass is 15.1. The molecule has 1 aromatic carbocycles. The topological polar surface area (TPSA) is 29.3 Å². The minimum Gasteiger partial charge on any atom is -0.399 e. The molecule has 0 amide bonds. The Morgan fingerprint density at radius 1 is 1.22 bits per heavy atom. The van der Waals surface area contributed by atoms with Crippen LogP contribution in [0.5, 0.6) is 0 Å². The van der Waals surface area contributed by atoms with Crippen molar-refractivity contribution in [2.45, 2.75) is 38.1 Å². The number of nitrogen functional groups attached to an aromatic ring is 1. The molecule has 0 radical (unpaired) electrons. The zero-order valence-corrected chi connectivity index (χ0v) is 10.9. The molecule has 0 aliphatic carbocycles.